The molecule has 0 aromatic carbocycles. The van der Waals surface area contributed by atoms with Crippen LogP contribution in [0.15, 0.2) is 0 Å². The molecular weight excluding hydrogens is 1280 g/mol. The van der Waals surface area contributed by atoms with Crippen molar-refractivity contribution in [3.05, 3.63) is 0 Å². The maximum absolute atomic E-state index is 13.8. The lowest BCUT2D eigenvalue weighted by molar-refractivity contribution is -0.123. The van der Waals surface area contributed by atoms with Gasteiger partial charge < -0.3 is 107 Å². The quantitative estimate of drug-likeness (QED) is 0.0257. The number of nitrogens with zero attached hydrogens (tertiary/aromatic N) is 6. The van der Waals surface area contributed by atoms with Gasteiger partial charge in [0.05, 0.1) is 6.67 Å². The average Bonchev–Trinajstić information content (AvgIpc) is 1.33. The number of nitrogens with two attached hydrogens (primary N) is 8. The topological polar surface area (TPSA) is 505 Å². The standard InChI is InChI=1S/C67H132N20O12/c68-25-1-7-56(88)13-39-84(40-14-57(89)8-2-26-69)51-35-79-65(97)22-49-86(43-17-60(92)11-5-37-82(45-19-62(94)76-32-29-72)46-20-63(95)77-33-30-73)53-54-87(44-18-61(93)12-6-38-83(48-24-67(99)81-55-75)47-21-64(96)78-34-31-74)50-23-66(98)80-36-52-85(41-15-58(90)9-3-27-70)42-16-59(91)10-4-28-71/h1-55,68-75H2,(H,76,94)(H,77,95)(H,78,96)(H,79,97)(H,80,98)(H,81,99). The Morgan fingerprint density at radius 2 is 0.374 bits per heavy atom. The van der Waals surface area contributed by atoms with Gasteiger partial charge in [-0.1, -0.05) is 0 Å². The molecule has 0 aliphatic carbocycles. The van der Waals surface area contributed by atoms with Crippen molar-refractivity contribution in [2.24, 2.45) is 45.9 Å². The van der Waals surface area contributed by atoms with Gasteiger partial charge in [0.1, 0.15) is 34.7 Å². The van der Waals surface area contributed by atoms with Crippen LogP contribution in [0.4, 0.5) is 0 Å². The van der Waals surface area contributed by atoms with Crippen LogP contribution in [-0.2, 0) is 57.5 Å². The van der Waals surface area contributed by atoms with Gasteiger partial charge in [0.25, 0.3) is 0 Å². The zero-order valence-corrected chi connectivity index (χ0v) is 60.1. The molecule has 0 aromatic heterocycles. The monoisotopic (exact) mass is 1410 g/mol. The van der Waals surface area contributed by atoms with Gasteiger partial charge in [0.2, 0.25) is 35.4 Å². The molecule has 0 saturated heterocycles. The fraction of sp³-hybridized carbons (Fsp3) is 0.821. The summed E-state index contributed by atoms with van der Waals surface area (Å²) in [5, 5.41) is 16.8. The fourth-order valence-corrected chi connectivity index (χ4v) is 10.5. The molecule has 0 saturated carbocycles. The number of hydrogen-bond acceptors (Lipinski definition) is 26. The lowest BCUT2D eigenvalue weighted by atomic mass is 10.1. The highest BCUT2D eigenvalue weighted by Crippen LogP contribution is 2.10. The molecule has 572 valence electrons. The molecule has 0 spiro atoms. The van der Waals surface area contributed by atoms with Crippen LogP contribution in [0, 0.1) is 0 Å². The number of rotatable bonds is 72. The van der Waals surface area contributed by atoms with Crippen LogP contribution < -0.4 is 77.8 Å². The van der Waals surface area contributed by atoms with E-state index in [0.717, 1.165) is 0 Å². The van der Waals surface area contributed by atoms with Gasteiger partial charge >= 0.3 is 0 Å². The Kier molecular flexibility index (Phi) is 60.7. The van der Waals surface area contributed by atoms with Gasteiger partial charge in [-0.25, -0.2) is 0 Å². The van der Waals surface area contributed by atoms with E-state index in [-0.39, 0.29) is 206 Å². The maximum Gasteiger partial charge on any atom is 0.222 e. The number of nitrogens with one attached hydrogen (secondary N) is 6. The molecule has 6 amide bonds. The SMILES string of the molecule is NCCCC(=O)CCN(CCNC(=O)CCN(CCC(=O)CCCN(CCC(=O)NCN)CCC(=O)NCCN)CCN(CCC(=O)CCCN(CCC(=O)NCCN)CCC(=O)NCCN)CCC(=O)NCCN(CCC(=O)CCCN)CCC(=O)CCCN)CCC(=O)CCCN. The summed E-state index contributed by atoms with van der Waals surface area (Å²) in [6, 6.07) is 0. The molecular formula is C67H132N20O12. The van der Waals surface area contributed by atoms with Crippen LogP contribution in [0.2, 0.25) is 0 Å². The van der Waals surface area contributed by atoms with Gasteiger partial charge in [-0.15, -0.1) is 0 Å². The van der Waals surface area contributed by atoms with Crippen LogP contribution in [0.1, 0.15) is 154 Å². The fourth-order valence-electron chi connectivity index (χ4n) is 10.5. The minimum absolute atomic E-state index is 0.0139. The first-order valence-corrected chi connectivity index (χ1v) is 36.4. The number of ketones is 6. The predicted molar refractivity (Wildman–Crippen MR) is 385 cm³/mol. The highest BCUT2D eigenvalue weighted by Gasteiger charge is 2.20. The van der Waals surface area contributed by atoms with E-state index < -0.39 is 0 Å². The third kappa shape index (κ3) is 57.6. The molecule has 0 aliphatic heterocycles. The molecule has 0 radical (unpaired) electrons. The smallest absolute Gasteiger partial charge is 0.222 e. The van der Waals surface area contributed by atoms with E-state index in [9.17, 15) is 57.5 Å². The maximum atomic E-state index is 13.8. The molecule has 0 rings (SSSR count). The first kappa shape index (κ1) is 93.3. The Bertz CT molecular complexity index is 2110. The van der Waals surface area contributed by atoms with E-state index in [1.807, 2.05) is 29.4 Å². The molecule has 32 heteroatoms. The summed E-state index contributed by atoms with van der Waals surface area (Å²) >= 11 is 0. The van der Waals surface area contributed by atoms with E-state index >= 15 is 0 Å². The van der Waals surface area contributed by atoms with Crippen molar-refractivity contribution in [3.8, 4) is 0 Å². The molecule has 0 aliphatic rings. The summed E-state index contributed by atoms with van der Waals surface area (Å²) in [5.74, 6) is -1.07. The average molecular weight is 1410 g/mol. The van der Waals surface area contributed by atoms with Crippen molar-refractivity contribution < 1.29 is 57.5 Å². The Balaban J connectivity index is 6.78. The second kappa shape index (κ2) is 64.4. The molecule has 0 atom stereocenters. The number of hydrogen-bond donors (Lipinski definition) is 14. The first-order chi connectivity index (χ1) is 47.7. The van der Waals surface area contributed by atoms with Gasteiger partial charge in [-0.3, -0.25) is 57.5 Å². The minimum Gasteiger partial charge on any atom is -0.355 e. The van der Waals surface area contributed by atoms with Crippen molar-refractivity contribution in [2.45, 2.75) is 154 Å². The van der Waals surface area contributed by atoms with Crippen molar-refractivity contribution >= 4 is 70.1 Å². The van der Waals surface area contributed by atoms with E-state index in [1.54, 1.807) is 0 Å². The van der Waals surface area contributed by atoms with Crippen molar-refractivity contribution in [3.63, 3.8) is 0 Å². The third-order valence-electron chi connectivity index (χ3n) is 16.6. The van der Waals surface area contributed by atoms with E-state index in [4.69, 9.17) is 45.9 Å². The molecule has 0 bridgehead atoms. The minimum atomic E-state index is -0.251. The molecule has 99 heavy (non-hydrogen) atoms. The second-order valence-electron chi connectivity index (χ2n) is 25.0. The van der Waals surface area contributed by atoms with Crippen molar-refractivity contribution in [1.29, 1.82) is 0 Å². The van der Waals surface area contributed by atoms with Crippen LogP contribution in [-0.4, -0.2) is 303 Å². The zero-order chi connectivity index (χ0) is 73.5. The Morgan fingerprint density at radius 1 is 0.182 bits per heavy atom. The largest absolute Gasteiger partial charge is 0.355 e. The molecule has 0 aromatic rings. The van der Waals surface area contributed by atoms with Gasteiger partial charge in [0, 0.05) is 273 Å². The summed E-state index contributed by atoms with van der Waals surface area (Å²) in [7, 11) is 0. The highest BCUT2D eigenvalue weighted by atomic mass is 16.2. The second-order valence-corrected chi connectivity index (χ2v) is 25.0. The lowest BCUT2D eigenvalue weighted by Gasteiger charge is -2.28. The lowest BCUT2D eigenvalue weighted by Crippen LogP contribution is -2.41. The number of carbonyl (C=O) groups excluding carboxylic acids is 12. The van der Waals surface area contributed by atoms with E-state index in [0.29, 0.717) is 221 Å². The van der Waals surface area contributed by atoms with Gasteiger partial charge in [0.15, 0.2) is 0 Å². The zero-order valence-electron chi connectivity index (χ0n) is 60.1. The highest BCUT2D eigenvalue weighted by molar-refractivity contribution is 5.82. The van der Waals surface area contributed by atoms with Gasteiger partial charge in [-0.05, 0) is 77.8 Å². The Labute approximate surface area is 589 Å². The van der Waals surface area contributed by atoms with Crippen molar-refractivity contribution in [1.82, 2.24) is 61.3 Å². The summed E-state index contributed by atoms with van der Waals surface area (Å²) in [5.41, 5.74) is 44.8. The molecule has 0 unspecified atom stereocenters. The van der Waals surface area contributed by atoms with E-state index in [1.165, 1.54) is 0 Å². The number of carbonyl (C=O) groups is 12. The normalized spacial score (nSPS) is 11.5. The van der Waals surface area contributed by atoms with Crippen molar-refractivity contribution in [2.75, 3.05) is 203 Å². The van der Waals surface area contributed by atoms with Crippen LogP contribution >= 0.6 is 0 Å². The Hall–Kier alpha value is -5.72. The first-order valence-electron chi connectivity index (χ1n) is 36.4. The summed E-state index contributed by atoms with van der Waals surface area (Å²) in [4.78, 5) is 167. The van der Waals surface area contributed by atoms with Crippen LogP contribution in [0.3, 0.4) is 0 Å². The molecule has 0 fully saturated rings. The summed E-state index contributed by atoms with van der Waals surface area (Å²) in [6.07, 6.45) is 7.32. The molecule has 22 N–H and O–H groups in total. The Morgan fingerprint density at radius 3 is 0.596 bits per heavy atom. The summed E-state index contributed by atoms with van der Waals surface area (Å²) < 4.78 is 0. The van der Waals surface area contributed by atoms with E-state index in [2.05, 4.69) is 31.9 Å². The van der Waals surface area contributed by atoms with Crippen LogP contribution in [0.5, 0.6) is 0 Å². The number of amides is 6. The summed E-state index contributed by atoms with van der Waals surface area (Å²) in [6.45, 7) is 10.5. The number of Topliss-reactive ketones (excluding diaryl/α,β-unsaturated/α-hetero) is 6. The van der Waals surface area contributed by atoms with Crippen LogP contribution in [0.25, 0.3) is 0 Å². The third-order valence-corrected chi connectivity index (χ3v) is 16.6. The predicted octanol–water partition coefficient (Wildman–Crippen LogP) is -4.10. The van der Waals surface area contributed by atoms with Gasteiger partial charge in [-0.2, -0.15) is 0 Å². The molecule has 0 heterocycles. The molecule has 32 nitrogen and oxygen atoms in total.